The van der Waals surface area contributed by atoms with E-state index in [2.05, 4.69) is 76.7 Å². The normalized spacial score (nSPS) is 17.6. The number of amides is 9. The van der Waals surface area contributed by atoms with Gasteiger partial charge in [-0.2, -0.15) is 0 Å². The molecule has 31 heteroatoms. The Balaban J connectivity index is 0.000000154. The second-order valence-electron chi connectivity index (χ2n) is 35.9. The number of nitrogens with two attached hydrogens (primary N) is 1. The maximum Gasteiger partial charge on any atom is 0.410 e. The molecule has 0 spiro atoms. The van der Waals surface area contributed by atoms with Gasteiger partial charge >= 0.3 is 18.3 Å². The first-order chi connectivity index (χ1) is 65.1. The molecule has 9 aliphatic rings. The third kappa shape index (κ3) is 27.5. The van der Waals surface area contributed by atoms with E-state index in [1.165, 1.54) is 68.4 Å². The number of benzene rings is 6. The molecule has 18 rings (SSSR count). The molecule has 0 aliphatic carbocycles. The number of carbonyl (C=O) groups excluding carboxylic acids is 9. The first-order valence-corrected chi connectivity index (χ1v) is 46.8. The van der Waals surface area contributed by atoms with E-state index in [-0.39, 0.29) is 91.9 Å². The Kier molecular flexibility index (Phi) is 36.4. The Hall–Kier alpha value is -13.4. The van der Waals surface area contributed by atoms with Crippen LogP contribution in [0.2, 0.25) is 0 Å². The van der Waals surface area contributed by atoms with Gasteiger partial charge in [-0.05, 0) is 276 Å². The van der Waals surface area contributed by atoms with Crippen LogP contribution >= 0.6 is 0 Å². The molecule has 722 valence electrons. The van der Waals surface area contributed by atoms with Crippen LogP contribution in [-0.2, 0) is 48.4 Å². The van der Waals surface area contributed by atoms with Crippen LogP contribution in [-0.4, -0.2) is 186 Å². The van der Waals surface area contributed by atoms with E-state index in [4.69, 9.17) is 19.9 Å². The predicted octanol–water partition coefficient (Wildman–Crippen LogP) is 16.7. The highest BCUT2D eigenvalue weighted by Crippen LogP contribution is 2.39. The molecule has 9 aliphatic heterocycles. The van der Waals surface area contributed by atoms with Gasteiger partial charge in [0.2, 0.25) is 0 Å². The van der Waals surface area contributed by atoms with Gasteiger partial charge in [0.1, 0.15) is 37.3 Å². The Morgan fingerprint density at radius 1 is 0.375 bits per heavy atom. The van der Waals surface area contributed by atoms with Crippen LogP contribution in [0.15, 0.2) is 146 Å². The number of hydrogen-bond acceptors (Lipinski definition) is 16. The highest BCUT2D eigenvalue weighted by Gasteiger charge is 2.34. The maximum absolute atomic E-state index is 13.8. The zero-order valence-corrected chi connectivity index (χ0v) is 78.1. The monoisotopic (exact) mass is 1860 g/mol. The number of halogens is 3. The lowest BCUT2D eigenvalue weighted by molar-refractivity contribution is -0.111. The molecular weight excluding hydrogens is 1730 g/mol. The second kappa shape index (κ2) is 48.7. The van der Waals surface area contributed by atoms with Gasteiger partial charge in [0, 0.05) is 131 Å². The van der Waals surface area contributed by atoms with Crippen LogP contribution in [0.25, 0.3) is 34.9 Å². The molecule has 28 nitrogen and oxygen atoms in total. The summed E-state index contributed by atoms with van der Waals surface area (Å²) in [5, 5.41) is 27.4. The van der Waals surface area contributed by atoms with Crippen molar-refractivity contribution in [1.82, 2.24) is 61.6 Å². The molecule has 0 bridgehead atoms. The molecule has 6 saturated heterocycles. The summed E-state index contributed by atoms with van der Waals surface area (Å²) < 4.78 is 57.0. The number of ether oxygens (including phenoxy) is 3. The number of piperidine rings is 6. The highest BCUT2D eigenvalue weighted by atomic mass is 19.1. The molecule has 3 aromatic heterocycles. The second-order valence-corrected chi connectivity index (χ2v) is 35.9. The fourth-order valence-electron chi connectivity index (χ4n) is 17.7. The minimum atomic E-state index is -0.430. The van der Waals surface area contributed by atoms with Crippen molar-refractivity contribution in [3.8, 4) is 0 Å². The van der Waals surface area contributed by atoms with Crippen molar-refractivity contribution < 1.29 is 70.5 Å². The summed E-state index contributed by atoms with van der Waals surface area (Å²) in [5.74, 6) is -0.845. The van der Waals surface area contributed by atoms with E-state index in [0.717, 1.165) is 142 Å². The predicted molar refractivity (Wildman–Crippen MR) is 525 cm³/mol. The standard InChI is InChI=1S/C29H29FN4O4.2C21H23FN4O2.C14H19NO2.C13H18N2O2.C6H13N.CH4/c1-17-25(15-23-22-14-20(30)8-9-24(22)33-27(23)35)31-18(2)26(17)28(36)32-21-10-12-34(13-11-21)29(37)38-16-19-6-4-3-5-7-19;2*1-11-18(10-16-15-9-13(22)3-4-17(15)26-20(16)27)24-12(2)19(11)21(28)25-14-5-7-23-8-6-14;1-12-7-9-15(10-8-12)14(16)17-11-13-5-3-2-4-6-13;14-12-6-8-15(9-7-12)13(16)17-10-11-4-2-1-3-5-11;1-6-2-4-7-5-3-6;/h3-9,14-15,21,31H,10-13,16H2,1-2H3,(H,32,36)(H,33,35);2*3-4,9-10,14,23-24H,5-8H2,1-2H3,(H,25,28)(H,26,27);2-6,12H,7-11H2,1H3;1-5,12H,6-10,14H2;6-7H,2-5H2,1H3;1H4/b23-15-;2*16-10-;;;;. The number of hydrogen-bond donors (Lipinski definition) is 13. The lowest BCUT2D eigenvalue weighted by atomic mass is 10.00. The lowest BCUT2D eigenvalue weighted by Crippen LogP contribution is -2.46. The number of nitrogens with zero attached hydrogens (tertiary/aromatic N) is 3. The summed E-state index contributed by atoms with van der Waals surface area (Å²) in [7, 11) is 0. The molecule has 9 aromatic rings. The topological polar surface area (TPSA) is 373 Å². The van der Waals surface area contributed by atoms with Crippen LogP contribution in [0.1, 0.15) is 214 Å². The van der Waals surface area contributed by atoms with Crippen LogP contribution in [0.5, 0.6) is 0 Å². The Bertz CT molecular complexity index is 5540. The van der Waals surface area contributed by atoms with Crippen molar-refractivity contribution in [3.05, 3.63) is 264 Å². The molecule has 6 fully saturated rings. The fourth-order valence-corrected chi connectivity index (χ4v) is 17.7. The summed E-state index contributed by atoms with van der Waals surface area (Å²) in [6, 6.07) is 42.1. The number of H-pyrrole nitrogens is 3. The molecule has 9 amide bonds. The van der Waals surface area contributed by atoms with Crippen molar-refractivity contribution in [2.45, 2.75) is 184 Å². The number of rotatable bonds is 15. The van der Waals surface area contributed by atoms with Crippen molar-refractivity contribution >= 4 is 106 Å². The number of anilines is 3. The largest absolute Gasteiger partial charge is 0.445 e. The first kappa shape index (κ1) is 102. The fraction of sp³-hybridized carbons (Fsp3) is 0.400. The molecule has 136 heavy (non-hydrogen) atoms. The van der Waals surface area contributed by atoms with Crippen LogP contribution in [0.4, 0.5) is 44.6 Å². The van der Waals surface area contributed by atoms with E-state index >= 15 is 0 Å². The van der Waals surface area contributed by atoms with E-state index in [1.54, 1.807) is 47.1 Å². The Morgan fingerprint density at radius 3 is 0.926 bits per heavy atom. The zero-order chi connectivity index (χ0) is 95.8. The van der Waals surface area contributed by atoms with Crippen LogP contribution in [0.3, 0.4) is 0 Å². The van der Waals surface area contributed by atoms with Crippen molar-refractivity contribution in [1.29, 1.82) is 0 Å². The average Bonchev–Trinajstić information content (AvgIpc) is 1.64. The molecule has 0 radical (unpaired) electrons. The average molecular weight is 1860 g/mol. The number of nitrogens with one attached hydrogen (secondary N) is 12. The smallest absolute Gasteiger partial charge is 0.410 e. The van der Waals surface area contributed by atoms with Crippen LogP contribution in [0, 0.1) is 70.8 Å². The highest BCUT2D eigenvalue weighted by molar-refractivity contribution is 6.36. The number of carbonyl (C=O) groups is 9. The summed E-state index contributed by atoms with van der Waals surface area (Å²) in [6.07, 6.45) is 15.8. The number of aromatic nitrogens is 3. The van der Waals surface area contributed by atoms with Gasteiger partial charge in [-0.1, -0.05) is 112 Å². The van der Waals surface area contributed by atoms with Crippen molar-refractivity contribution in [2.24, 2.45) is 17.6 Å². The van der Waals surface area contributed by atoms with Gasteiger partial charge in [-0.15, -0.1) is 0 Å². The minimum Gasteiger partial charge on any atom is -0.445 e. The van der Waals surface area contributed by atoms with Crippen LogP contribution < -0.4 is 53.6 Å². The summed E-state index contributed by atoms with van der Waals surface area (Å²) in [6.45, 7) is 26.6. The molecule has 0 saturated carbocycles. The third-order valence-corrected chi connectivity index (χ3v) is 25.8. The lowest BCUT2D eigenvalue weighted by Gasteiger charge is -2.31. The number of likely N-dealkylation sites (tertiary alicyclic amines) is 3. The van der Waals surface area contributed by atoms with Crippen molar-refractivity contribution in [2.75, 3.05) is 94.5 Å². The number of aryl methyl sites for hydroxylation is 3. The summed E-state index contributed by atoms with van der Waals surface area (Å²) in [5.41, 5.74) is 21.2. The summed E-state index contributed by atoms with van der Waals surface area (Å²) in [4.78, 5) is 127. The quantitative estimate of drug-likeness (QED) is 0.0335. The summed E-state index contributed by atoms with van der Waals surface area (Å²) >= 11 is 0. The maximum atomic E-state index is 13.8. The van der Waals surface area contributed by atoms with E-state index < -0.39 is 17.5 Å². The first-order valence-electron chi connectivity index (χ1n) is 46.8. The SMILES string of the molecule is C.CC1CCN(C(=O)OCc2ccccc2)CC1.CC1CCNCC1.Cc1[nH]c(/C=C2\C(=O)Nc3ccc(F)cc32)c(C)c1C(=O)NC1CCN(C(=O)OCc2ccccc2)CC1.Cc1[nH]c(/C=C2\C(=O)Nc3ccc(F)cc32)c(C)c1C(=O)NC1CCNCC1.Cc1[nH]c(/C=C2\C(=O)Nc3ccc(F)cc32)c(C)c1C(=O)NC1CCNCC1.NC1CCN(C(=O)OCc2ccccc2)CC1. The Morgan fingerprint density at radius 2 is 0.640 bits per heavy atom. The molecule has 6 aromatic carbocycles. The van der Waals surface area contributed by atoms with E-state index in [0.29, 0.717) is 148 Å². The molecule has 12 heterocycles. The minimum absolute atomic E-state index is 0. The molecule has 0 unspecified atom stereocenters. The third-order valence-electron chi connectivity index (χ3n) is 25.8. The molecule has 0 atom stereocenters. The van der Waals surface area contributed by atoms with Gasteiger partial charge in [0.15, 0.2) is 0 Å². The molecule has 14 N–H and O–H groups in total. The van der Waals surface area contributed by atoms with Gasteiger partial charge in [0.05, 0.1) is 33.4 Å². The van der Waals surface area contributed by atoms with Gasteiger partial charge in [0.25, 0.3) is 35.4 Å². The Labute approximate surface area is 793 Å². The zero-order valence-electron chi connectivity index (χ0n) is 78.1. The van der Waals surface area contributed by atoms with Gasteiger partial charge in [-0.25, -0.2) is 27.6 Å². The van der Waals surface area contributed by atoms with Gasteiger partial charge in [-0.3, -0.25) is 28.8 Å². The van der Waals surface area contributed by atoms with E-state index in [1.807, 2.05) is 131 Å². The molecular formula is C105H129F3N16O12. The number of aromatic amines is 3. The number of fused-ring (bicyclic) bond motifs is 3. The van der Waals surface area contributed by atoms with E-state index in [9.17, 15) is 56.3 Å². The van der Waals surface area contributed by atoms with Crippen molar-refractivity contribution in [3.63, 3.8) is 0 Å². The van der Waals surface area contributed by atoms with Gasteiger partial charge < -0.3 is 97.4 Å².